The molecule has 2 aliphatic rings. The van der Waals surface area contributed by atoms with Crippen molar-refractivity contribution in [3.05, 3.63) is 59.2 Å². The molecule has 1 saturated heterocycles. The summed E-state index contributed by atoms with van der Waals surface area (Å²) in [4.78, 5) is 28.2. The number of carbonyl (C=O) groups excluding carboxylic acids is 2. The molecular formula is C25H30N2O4. The lowest BCUT2D eigenvalue weighted by Gasteiger charge is -2.21. The van der Waals surface area contributed by atoms with Gasteiger partial charge >= 0.3 is 0 Å². The Kier molecular flexibility index (Phi) is 6.16. The Bertz CT molecular complexity index is 970. The number of amides is 2. The van der Waals surface area contributed by atoms with Crippen LogP contribution in [0.5, 0.6) is 11.5 Å². The first-order chi connectivity index (χ1) is 15.0. The van der Waals surface area contributed by atoms with Gasteiger partial charge in [-0.05, 0) is 43.4 Å². The first-order valence-corrected chi connectivity index (χ1v) is 10.9. The van der Waals surface area contributed by atoms with Crippen molar-refractivity contribution in [2.45, 2.75) is 25.7 Å². The van der Waals surface area contributed by atoms with Crippen LogP contribution >= 0.6 is 0 Å². The van der Waals surface area contributed by atoms with Gasteiger partial charge in [0.15, 0.2) is 0 Å². The number of aryl methyl sites for hydroxylation is 1. The van der Waals surface area contributed by atoms with Crippen molar-refractivity contribution in [3.63, 3.8) is 0 Å². The first kappa shape index (κ1) is 21.2. The van der Waals surface area contributed by atoms with Crippen molar-refractivity contribution >= 4 is 11.8 Å². The molecular weight excluding hydrogens is 392 g/mol. The van der Waals surface area contributed by atoms with Gasteiger partial charge < -0.3 is 19.7 Å². The highest BCUT2D eigenvalue weighted by Gasteiger charge is 2.42. The van der Waals surface area contributed by atoms with Crippen LogP contribution in [0.3, 0.4) is 0 Å². The third kappa shape index (κ3) is 4.53. The number of hydrogen-bond acceptors (Lipinski definition) is 4. The quantitative estimate of drug-likeness (QED) is 0.743. The van der Waals surface area contributed by atoms with E-state index in [1.54, 1.807) is 19.1 Å². The second-order valence-electron chi connectivity index (χ2n) is 8.53. The predicted octanol–water partition coefficient (Wildman–Crippen LogP) is 3.39. The maximum Gasteiger partial charge on any atom is 0.254 e. The van der Waals surface area contributed by atoms with Crippen LogP contribution < -0.4 is 14.8 Å². The molecule has 1 heterocycles. The number of likely N-dealkylation sites (tertiary alicyclic amines) is 1. The van der Waals surface area contributed by atoms with Crippen LogP contribution in [-0.2, 0) is 4.79 Å². The van der Waals surface area contributed by atoms with Gasteiger partial charge in [-0.1, -0.05) is 24.3 Å². The van der Waals surface area contributed by atoms with Crippen LogP contribution in [0.2, 0.25) is 0 Å². The van der Waals surface area contributed by atoms with Crippen LogP contribution in [0.1, 0.15) is 40.2 Å². The molecule has 6 heteroatoms. The van der Waals surface area contributed by atoms with E-state index in [0.717, 1.165) is 11.1 Å². The highest BCUT2D eigenvalue weighted by molar-refractivity contribution is 5.96. The summed E-state index contributed by atoms with van der Waals surface area (Å²) in [5.41, 5.74) is 2.55. The molecule has 1 saturated carbocycles. The molecule has 1 aliphatic heterocycles. The van der Waals surface area contributed by atoms with Gasteiger partial charge in [0.1, 0.15) is 11.5 Å². The Morgan fingerprint density at radius 1 is 1.06 bits per heavy atom. The van der Waals surface area contributed by atoms with Crippen LogP contribution in [0.25, 0.3) is 0 Å². The van der Waals surface area contributed by atoms with Crippen LogP contribution in [0.15, 0.2) is 42.5 Å². The number of rotatable bonds is 7. The van der Waals surface area contributed by atoms with E-state index in [9.17, 15) is 9.59 Å². The summed E-state index contributed by atoms with van der Waals surface area (Å²) in [5, 5.41) is 3.11. The summed E-state index contributed by atoms with van der Waals surface area (Å²) in [7, 11) is 3.23. The van der Waals surface area contributed by atoms with Crippen molar-refractivity contribution < 1.29 is 19.1 Å². The fourth-order valence-electron chi connectivity index (χ4n) is 4.36. The number of methoxy groups -OCH3 is 2. The molecule has 1 aliphatic carbocycles. The predicted molar refractivity (Wildman–Crippen MR) is 119 cm³/mol. The first-order valence-electron chi connectivity index (χ1n) is 10.9. The summed E-state index contributed by atoms with van der Waals surface area (Å²) in [5.74, 6) is 1.48. The van der Waals surface area contributed by atoms with Gasteiger partial charge in [0.25, 0.3) is 5.91 Å². The minimum absolute atomic E-state index is 0.00912. The second-order valence-corrected chi connectivity index (χ2v) is 8.53. The van der Waals surface area contributed by atoms with Crippen molar-refractivity contribution in [1.29, 1.82) is 0 Å². The highest BCUT2D eigenvalue weighted by Crippen LogP contribution is 2.40. The van der Waals surface area contributed by atoms with Crippen LogP contribution in [0.4, 0.5) is 0 Å². The normalized spacial score (nSPS) is 20.4. The van der Waals surface area contributed by atoms with Crippen molar-refractivity contribution in [3.8, 4) is 11.5 Å². The minimum atomic E-state index is -0.325. The molecule has 2 aromatic rings. The summed E-state index contributed by atoms with van der Waals surface area (Å²) in [6.45, 7) is 3.52. The van der Waals surface area contributed by atoms with E-state index >= 15 is 0 Å². The van der Waals surface area contributed by atoms with E-state index in [0.29, 0.717) is 42.6 Å². The van der Waals surface area contributed by atoms with Gasteiger partial charge in [-0.2, -0.15) is 0 Å². The lowest BCUT2D eigenvalue weighted by Crippen LogP contribution is -2.36. The fraction of sp³-hybridized carbons (Fsp3) is 0.440. The molecule has 2 fully saturated rings. The van der Waals surface area contributed by atoms with E-state index in [1.807, 2.05) is 49.4 Å². The molecule has 0 spiro atoms. The molecule has 2 aromatic carbocycles. The van der Waals surface area contributed by atoms with Crippen LogP contribution in [-0.4, -0.2) is 50.6 Å². The molecule has 0 aromatic heterocycles. The molecule has 164 valence electrons. The van der Waals surface area contributed by atoms with E-state index in [1.165, 1.54) is 12.8 Å². The van der Waals surface area contributed by atoms with Gasteiger partial charge in [0.05, 0.1) is 20.1 Å². The average molecular weight is 423 g/mol. The molecule has 6 nitrogen and oxygen atoms in total. The topological polar surface area (TPSA) is 67.9 Å². The molecule has 2 amide bonds. The largest absolute Gasteiger partial charge is 0.497 e. The zero-order valence-corrected chi connectivity index (χ0v) is 18.4. The van der Waals surface area contributed by atoms with Crippen molar-refractivity contribution in [1.82, 2.24) is 10.2 Å². The lowest BCUT2D eigenvalue weighted by atomic mass is 9.87. The van der Waals surface area contributed by atoms with E-state index in [-0.39, 0.29) is 23.7 Å². The molecule has 2 unspecified atom stereocenters. The molecule has 4 rings (SSSR count). The Labute approximate surface area is 183 Å². The lowest BCUT2D eigenvalue weighted by molar-refractivity contribution is -0.125. The van der Waals surface area contributed by atoms with Gasteiger partial charge in [-0.25, -0.2) is 0 Å². The zero-order valence-electron chi connectivity index (χ0n) is 18.4. The Hall–Kier alpha value is -3.02. The molecule has 2 atom stereocenters. The maximum atomic E-state index is 13.3. The summed E-state index contributed by atoms with van der Waals surface area (Å²) in [6, 6.07) is 13.2. The summed E-state index contributed by atoms with van der Waals surface area (Å²) in [6.07, 6.45) is 2.36. The van der Waals surface area contributed by atoms with E-state index in [2.05, 4.69) is 5.32 Å². The Morgan fingerprint density at radius 2 is 1.84 bits per heavy atom. The number of nitrogens with zero attached hydrogens (tertiary/aromatic N) is 1. The van der Waals surface area contributed by atoms with Gasteiger partial charge in [-0.3, -0.25) is 9.59 Å². The van der Waals surface area contributed by atoms with E-state index < -0.39 is 0 Å². The van der Waals surface area contributed by atoms with Crippen molar-refractivity contribution in [2.75, 3.05) is 33.9 Å². The summed E-state index contributed by atoms with van der Waals surface area (Å²) < 4.78 is 10.9. The highest BCUT2D eigenvalue weighted by atomic mass is 16.5. The second kappa shape index (κ2) is 9.00. The SMILES string of the molecule is COc1ccc(C2CN(C(=O)c3ccccc3C)CC2C(=O)NCC2CC2)c(OC)c1. The van der Waals surface area contributed by atoms with E-state index in [4.69, 9.17) is 9.47 Å². The van der Waals surface area contributed by atoms with Crippen molar-refractivity contribution in [2.24, 2.45) is 11.8 Å². The number of hydrogen-bond donors (Lipinski definition) is 1. The minimum Gasteiger partial charge on any atom is -0.497 e. The molecule has 0 radical (unpaired) electrons. The standard InChI is InChI=1S/C25H30N2O4/c1-16-6-4-5-7-19(16)25(29)27-14-21(20-11-10-18(30-2)12-23(20)31-3)22(15-27)24(28)26-13-17-8-9-17/h4-7,10-12,17,21-22H,8-9,13-15H2,1-3H3,(H,26,28). The van der Waals surface area contributed by atoms with Gasteiger partial charge in [-0.15, -0.1) is 0 Å². The smallest absolute Gasteiger partial charge is 0.254 e. The molecule has 0 bridgehead atoms. The third-order valence-electron chi connectivity index (χ3n) is 6.42. The monoisotopic (exact) mass is 422 g/mol. The molecule has 31 heavy (non-hydrogen) atoms. The Morgan fingerprint density at radius 3 is 2.52 bits per heavy atom. The average Bonchev–Trinajstić information content (AvgIpc) is 3.52. The molecule has 1 N–H and O–H groups in total. The fourth-order valence-corrected chi connectivity index (χ4v) is 4.36. The number of ether oxygens (including phenoxy) is 2. The maximum absolute atomic E-state index is 13.3. The zero-order chi connectivity index (χ0) is 22.0. The summed E-state index contributed by atoms with van der Waals surface area (Å²) >= 11 is 0. The Balaban J connectivity index is 1.62. The van der Waals surface area contributed by atoms with Gasteiger partial charge in [0.2, 0.25) is 5.91 Å². The number of carbonyl (C=O) groups is 2. The number of nitrogens with one attached hydrogen (secondary N) is 1. The number of benzene rings is 2. The van der Waals surface area contributed by atoms with Crippen LogP contribution in [0, 0.1) is 18.8 Å². The van der Waals surface area contributed by atoms with Gasteiger partial charge in [0, 0.05) is 42.7 Å². The third-order valence-corrected chi connectivity index (χ3v) is 6.42.